The van der Waals surface area contributed by atoms with Crippen LogP contribution >= 0.6 is 0 Å². The lowest BCUT2D eigenvalue weighted by atomic mass is 10.2. The summed E-state index contributed by atoms with van der Waals surface area (Å²) >= 11 is 0. The van der Waals surface area contributed by atoms with E-state index in [-0.39, 0.29) is 0 Å². The number of benzene rings is 1. The summed E-state index contributed by atoms with van der Waals surface area (Å²) in [4.78, 5) is 0. The molecule has 0 aromatic heterocycles. The molecule has 0 fully saturated rings. The monoisotopic (exact) mass is 218 g/mol. The summed E-state index contributed by atoms with van der Waals surface area (Å²) in [7, 11) is 0. The van der Waals surface area contributed by atoms with Gasteiger partial charge in [0.1, 0.15) is 5.75 Å². The number of hydrogen-bond donors (Lipinski definition) is 2. The van der Waals surface area contributed by atoms with Crippen LogP contribution < -0.4 is 15.8 Å². The van der Waals surface area contributed by atoms with Crippen molar-refractivity contribution in [1.82, 2.24) is 0 Å². The van der Waals surface area contributed by atoms with Crippen molar-refractivity contribution in [2.75, 3.05) is 17.7 Å². The number of rotatable bonds is 4. The van der Waals surface area contributed by atoms with Gasteiger partial charge in [-0.15, -0.1) is 0 Å². The summed E-state index contributed by atoms with van der Waals surface area (Å²) in [5, 5.41) is 3.46. The van der Waals surface area contributed by atoms with Crippen molar-refractivity contribution in [1.29, 1.82) is 0 Å². The van der Waals surface area contributed by atoms with Crippen molar-refractivity contribution in [3.63, 3.8) is 0 Å². The van der Waals surface area contributed by atoms with Gasteiger partial charge in [-0.2, -0.15) is 0 Å². The number of nitrogens with two attached hydrogens (primary N) is 1. The van der Waals surface area contributed by atoms with E-state index in [2.05, 4.69) is 17.5 Å². The topological polar surface area (TPSA) is 47.3 Å². The third-order valence-electron chi connectivity index (χ3n) is 2.62. The molecule has 1 aromatic rings. The molecule has 0 spiro atoms. The molecule has 0 atom stereocenters. The van der Waals surface area contributed by atoms with Crippen molar-refractivity contribution >= 4 is 11.4 Å². The van der Waals surface area contributed by atoms with Crippen molar-refractivity contribution in [3.05, 3.63) is 30.4 Å². The highest BCUT2D eigenvalue weighted by Gasteiger charge is 2.10. The van der Waals surface area contributed by atoms with E-state index in [1.807, 2.05) is 25.1 Å². The Morgan fingerprint density at radius 1 is 1.31 bits per heavy atom. The quantitative estimate of drug-likeness (QED) is 0.603. The van der Waals surface area contributed by atoms with Gasteiger partial charge in [-0.05, 0) is 25.8 Å². The molecule has 86 valence electrons. The SMILES string of the molecule is CCOc1cc(N)cc(NC2CC=CC2)c1. The lowest BCUT2D eigenvalue weighted by Crippen LogP contribution is -2.15. The molecule has 16 heavy (non-hydrogen) atoms. The Labute approximate surface area is 96.3 Å². The maximum Gasteiger partial charge on any atom is 0.123 e. The first-order valence-corrected chi connectivity index (χ1v) is 5.73. The molecule has 0 saturated heterocycles. The highest BCUT2D eigenvalue weighted by molar-refractivity contribution is 5.59. The minimum absolute atomic E-state index is 0.497. The van der Waals surface area contributed by atoms with Gasteiger partial charge in [0.15, 0.2) is 0 Å². The van der Waals surface area contributed by atoms with Gasteiger partial charge in [0.05, 0.1) is 6.61 Å². The molecule has 0 amide bonds. The number of anilines is 2. The third-order valence-corrected chi connectivity index (χ3v) is 2.62. The molecular formula is C13H18N2O. The second-order valence-corrected chi connectivity index (χ2v) is 4.01. The van der Waals surface area contributed by atoms with Crippen LogP contribution in [0.15, 0.2) is 30.4 Å². The molecule has 2 rings (SSSR count). The van der Waals surface area contributed by atoms with Gasteiger partial charge >= 0.3 is 0 Å². The molecule has 3 N–H and O–H groups in total. The van der Waals surface area contributed by atoms with Crippen LogP contribution in [0.2, 0.25) is 0 Å². The molecule has 0 heterocycles. The first kappa shape index (κ1) is 10.9. The Morgan fingerprint density at radius 3 is 2.75 bits per heavy atom. The third kappa shape index (κ3) is 2.69. The van der Waals surface area contributed by atoms with Gasteiger partial charge in [0.25, 0.3) is 0 Å². The number of ether oxygens (including phenoxy) is 1. The van der Waals surface area contributed by atoms with E-state index in [1.165, 1.54) is 0 Å². The fourth-order valence-corrected chi connectivity index (χ4v) is 1.93. The van der Waals surface area contributed by atoms with Crippen LogP contribution in [-0.4, -0.2) is 12.6 Å². The van der Waals surface area contributed by atoms with Gasteiger partial charge in [0, 0.05) is 29.5 Å². The molecule has 0 saturated carbocycles. The van der Waals surface area contributed by atoms with E-state index in [0.717, 1.165) is 30.0 Å². The van der Waals surface area contributed by atoms with Crippen molar-refractivity contribution in [2.24, 2.45) is 0 Å². The Bertz CT molecular complexity index is 380. The predicted octanol–water partition coefficient (Wildman–Crippen LogP) is 2.80. The summed E-state index contributed by atoms with van der Waals surface area (Å²) < 4.78 is 5.46. The number of nitrogen functional groups attached to an aromatic ring is 1. The van der Waals surface area contributed by atoms with E-state index in [4.69, 9.17) is 10.5 Å². The molecule has 3 nitrogen and oxygen atoms in total. The zero-order chi connectivity index (χ0) is 11.4. The molecule has 3 heteroatoms. The van der Waals surface area contributed by atoms with Crippen LogP contribution in [0.25, 0.3) is 0 Å². The van der Waals surface area contributed by atoms with Crippen molar-refractivity contribution < 1.29 is 4.74 Å². The Morgan fingerprint density at radius 2 is 2.06 bits per heavy atom. The maximum absolute atomic E-state index is 5.83. The molecule has 0 aliphatic heterocycles. The van der Waals surface area contributed by atoms with Crippen LogP contribution in [-0.2, 0) is 0 Å². The number of nitrogens with one attached hydrogen (secondary N) is 1. The smallest absolute Gasteiger partial charge is 0.123 e. The molecule has 0 radical (unpaired) electrons. The second kappa shape index (κ2) is 4.92. The first-order chi connectivity index (χ1) is 7.78. The van der Waals surface area contributed by atoms with Gasteiger partial charge in [-0.25, -0.2) is 0 Å². The van der Waals surface area contributed by atoms with Crippen LogP contribution in [0, 0.1) is 0 Å². The van der Waals surface area contributed by atoms with E-state index < -0.39 is 0 Å². The van der Waals surface area contributed by atoms with Gasteiger partial charge in [0.2, 0.25) is 0 Å². The Hall–Kier alpha value is -1.64. The minimum Gasteiger partial charge on any atom is -0.494 e. The number of hydrogen-bond acceptors (Lipinski definition) is 3. The largest absolute Gasteiger partial charge is 0.494 e. The summed E-state index contributed by atoms with van der Waals surface area (Å²) in [6, 6.07) is 6.29. The summed E-state index contributed by atoms with van der Waals surface area (Å²) in [5.41, 5.74) is 7.60. The fourth-order valence-electron chi connectivity index (χ4n) is 1.93. The fraction of sp³-hybridized carbons (Fsp3) is 0.385. The highest BCUT2D eigenvalue weighted by Crippen LogP contribution is 2.25. The van der Waals surface area contributed by atoms with Crippen LogP contribution in [0.3, 0.4) is 0 Å². The Kier molecular flexibility index (Phi) is 3.34. The van der Waals surface area contributed by atoms with E-state index in [0.29, 0.717) is 12.6 Å². The van der Waals surface area contributed by atoms with Crippen molar-refractivity contribution in [3.8, 4) is 5.75 Å². The molecule has 1 aliphatic rings. The first-order valence-electron chi connectivity index (χ1n) is 5.73. The highest BCUT2D eigenvalue weighted by atomic mass is 16.5. The minimum atomic E-state index is 0.497. The zero-order valence-electron chi connectivity index (χ0n) is 9.57. The normalized spacial score (nSPS) is 15.3. The van der Waals surface area contributed by atoms with Gasteiger partial charge < -0.3 is 15.8 Å². The predicted molar refractivity (Wildman–Crippen MR) is 67.8 cm³/mol. The van der Waals surface area contributed by atoms with Crippen LogP contribution in [0.5, 0.6) is 5.75 Å². The van der Waals surface area contributed by atoms with Crippen LogP contribution in [0.1, 0.15) is 19.8 Å². The summed E-state index contributed by atoms with van der Waals surface area (Å²) in [6.45, 7) is 2.63. The molecule has 0 unspecified atom stereocenters. The lowest BCUT2D eigenvalue weighted by Gasteiger charge is -2.15. The van der Waals surface area contributed by atoms with E-state index >= 15 is 0 Å². The Balaban J connectivity index is 2.07. The lowest BCUT2D eigenvalue weighted by molar-refractivity contribution is 0.340. The summed E-state index contributed by atoms with van der Waals surface area (Å²) in [6.07, 6.45) is 6.57. The second-order valence-electron chi connectivity index (χ2n) is 4.01. The van der Waals surface area contributed by atoms with Gasteiger partial charge in [-0.3, -0.25) is 0 Å². The van der Waals surface area contributed by atoms with Gasteiger partial charge in [-0.1, -0.05) is 12.2 Å². The maximum atomic E-state index is 5.83. The molecule has 1 aromatic carbocycles. The van der Waals surface area contributed by atoms with Crippen LogP contribution in [0.4, 0.5) is 11.4 Å². The average molecular weight is 218 g/mol. The zero-order valence-corrected chi connectivity index (χ0v) is 9.57. The average Bonchev–Trinajstić information content (AvgIpc) is 2.70. The molecule has 0 bridgehead atoms. The van der Waals surface area contributed by atoms with E-state index in [1.54, 1.807) is 0 Å². The molecular weight excluding hydrogens is 200 g/mol. The summed E-state index contributed by atoms with van der Waals surface area (Å²) in [5.74, 6) is 0.830. The van der Waals surface area contributed by atoms with E-state index in [9.17, 15) is 0 Å². The molecule has 1 aliphatic carbocycles. The standard InChI is InChI=1S/C13H18N2O/c1-2-16-13-8-10(14)7-12(9-13)15-11-5-3-4-6-11/h3-4,7-9,11,15H,2,5-6,14H2,1H3. The van der Waals surface area contributed by atoms with Crippen molar-refractivity contribution in [2.45, 2.75) is 25.8 Å².